The molecule has 0 fully saturated rings. The Balaban J connectivity index is 4.52. The van der Waals surface area contributed by atoms with Gasteiger partial charge in [-0.1, -0.05) is 13.8 Å². The number of aliphatic hydroxyl groups excluding tert-OH is 1. The van der Waals surface area contributed by atoms with Crippen LogP contribution in [0.3, 0.4) is 0 Å². The van der Waals surface area contributed by atoms with E-state index in [-0.39, 0.29) is 19.1 Å². The minimum Gasteiger partial charge on any atom is -0.481 e. The number of carboxylic acids is 1. The Labute approximate surface area is 101 Å². The molecule has 0 aliphatic carbocycles. The maximum atomic E-state index is 12.0. The van der Waals surface area contributed by atoms with E-state index in [9.17, 15) is 9.59 Å². The van der Waals surface area contributed by atoms with Crippen LogP contribution in [0.15, 0.2) is 0 Å². The van der Waals surface area contributed by atoms with Crippen molar-refractivity contribution in [2.24, 2.45) is 11.8 Å². The average Bonchev–Trinajstić information content (AvgIpc) is 2.31. The molecule has 0 rings (SSSR count). The van der Waals surface area contributed by atoms with Gasteiger partial charge < -0.3 is 19.8 Å². The number of hydrogen-bond donors (Lipinski definition) is 2. The lowest BCUT2D eigenvalue weighted by molar-refractivity contribution is -0.149. The van der Waals surface area contributed by atoms with E-state index in [1.54, 1.807) is 6.92 Å². The number of rotatable bonds is 8. The van der Waals surface area contributed by atoms with Gasteiger partial charge in [0.25, 0.3) is 0 Å². The topological polar surface area (TPSA) is 87.1 Å². The number of amides is 1. The average molecular weight is 247 g/mol. The first kappa shape index (κ1) is 15.9. The van der Waals surface area contributed by atoms with Gasteiger partial charge in [-0.15, -0.1) is 0 Å². The Morgan fingerprint density at radius 1 is 1.24 bits per heavy atom. The summed E-state index contributed by atoms with van der Waals surface area (Å²) in [6, 6.07) is 0. The summed E-state index contributed by atoms with van der Waals surface area (Å²) in [6.45, 7) is 3.84. The quantitative estimate of drug-likeness (QED) is 0.621. The second-order valence-corrected chi connectivity index (χ2v) is 3.96. The van der Waals surface area contributed by atoms with E-state index in [1.165, 1.54) is 18.9 Å². The first-order chi connectivity index (χ1) is 7.95. The molecule has 2 atom stereocenters. The summed E-state index contributed by atoms with van der Waals surface area (Å²) in [7, 11) is 1.52. The summed E-state index contributed by atoms with van der Waals surface area (Å²) >= 11 is 0. The molecule has 0 spiro atoms. The number of methoxy groups -OCH3 is 1. The SMILES string of the molecule is COCCN(CCO)C(=O)C(C)C(C)C(=O)O. The number of aliphatic hydroxyl groups is 1. The molecule has 0 saturated carbocycles. The van der Waals surface area contributed by atoms with Crippen LogP contribution >= 0.6 is 0 Å². The standard InChI is InChI=1S/C11H21NO5/c1-8(9(2)11(15)16)10(14)12(4-6-13)5-7-17-3/h8-9,13H,4-7H2,1-3H3,(H,15,16). The number of nitrogens with zero attached hydrogens (tertiary/aromatic N) is 1. The molecule has 6 nitrogen and oxygen atoms in total. The fourth-order valence-electron chi connectivity index (χ4n) is 1.37. The van der Waals surface area contributed by atoms with Crippen LogP contribution in [0.2, 0.25) is 0 Å². The van der Waals surface area contributed by atoms with Gasteiger partial charge in [-0.3, -0.25) is 9.59 Å². The van der Waals surface area contributed by atoms with E-state index >= 15 is 0 Å². The summed E-state index contributed by atoms with van der Waals surface area (Å²) < 4.78 is 4.86. The lowest BCUT2D eigenvalue weighted by Crippen LogP contribution is -2.42. The highest BCUT2D eigenvalue weighted by atomic mass is 16.5. The van der Waals surface area contributed by atoms with Crippen molar-refractivity contribution in [3.63, 3.8) is 0 Å². The van der Waals surface area contributed by atoms with Gasteiger partial charge in [0.2, 0.25) is 5.91 Å². The van der Waals surface area contributed by atoms with Crippen molar-refractivity contribution in [3.05, 3.63) is 0 Å². The number of aliphatic carboxylic acids is 1. The van der Waals surface area contributed by atoms with Gasteiger partial charge in [-0.05, 0) is 0 Å². The zero-order valence-electron chi connectivity index (χ0n) is 10.5. The minimum absolute atomic E-state index is 0.149. The van der Waals surface area contributed by atoms with E-state index in [1.807, 2.05) is 0 Å². The molecule has 1 amide bonds. The van der Waals surface area contributed by atoms with Gasteiger partial charge in [0.15, 0.2) is 0 Å². The van der Waals surface area contributed by atoms with Gasteiger partial charge >= 0.3 is 5.97 Å². The van der Waals surface area contributed by atoms with E-state index in [4.69, 9.17) is 14.9 Å². The van der Waals surface area contributed by atoms with Crippen molar-refractivity contribution in [1.82, 2.24) is 4.90 Å². The van der Waals surface area contributed by atoms with Crippen molar-refractivity contribution in [2.75, 3.05) is 33.4 Å². The fourth-order valence-corrected chi connectivity index (χ4v) is 1.37. The normalized spacial score (nSPS) is 14.1. The highest BCUT2D eigenvalue weighted by Gasteiger charge is 2.28. The molecule has 2 N–H and O–H groups in total. The molecular formula is C11H21NO5. The van der Waals surface area contributed by atoms with E-state index in [0.717, 1.165) is 0 Å². The summed E-state index contributed by atoms with van der Waals surface area (Å²) in [6.07, 6.45) is 0. The summed E-state index contributed by atoms with van der Waals surface area (Å²) in [4.78, 5) is 24.2. The molecule has 100 valence electrons. The zero-order valence-corrected chi connectivity index (χ0v) is 10.5. The third-order valence-electron chi connectivity index (χ3n) is 2.78. The second kappa shape index (κ2) is 8.03. The van der Waals surface area contributed by atoms with Gasteiger partial charge in [-0.25, -0.2) is 0 Å². The molecule has 0 aliphatic heterocycles. The molecular weight excluding hydrogens is 226 g/mol. The van der Waals surface area contributed by atoms with E-state index in [0.29, 0.717) is 13.2 Å². The Kier molecular flexibility index (Phi) is 7.49. The van der Waals surface area contributed by atoms with Crippen LogP contribution < -0.4 is 0 Å². The van der Waals surface area contributed by atoms with Crippen LogP contribution in [0.4, 0.5) is 0 Å². The Morgan fingerprint density at radius 3 is 2.24 bits per heavy atom. The van der Waals surface area contributed by atoms with Crippen LogP contribution in [-0.2, 0) is 14.3 Å². The summed E-state index contributed by atoms with van der Waals surface area (Å²) in [5, 5.41) is 17.7. The van der Waals surface area contributed by atoms with Crippen LogP contribution in [0, 0.1) is 11.8 Å². The number of carbonyl (C=O) groups excluding carboxylic acids is 1. The van der Waals surface area contributed by atoms with Gasteiger partial charge in [0.05, 0.1) is 19.1 Å². The van der Waals surface area contributed by atoms with Gasteiger partial charge in [0, 0.05) is 26.1 Å². The highest BCUT2D eigenvalue weighted by Crippen LogP contribution is 2.14. The Morgan fingerprint density at radius 2 is 1.82 bits per heavy atom. The molecule has 17 heavy (non-hydrogen) atoms. The van der Waals surface area contributed by atoms with E-state index < -0.39 is 17.8 Å². The van der Waals surface area contributed by atoms with Crippen molar-refractivity contribution in [2.45, 2.75) is 13.8 Å². The molecule has 0 bridgehead atoms. The molecule has 0 aromatic carbocycles. The molecule has 0 saturated heterocycles. The fraction of sp³-hybridized carbons (Fsp3) is 0.818. The van der Waals surface area contributed by atoms with Crippen molar-refractivity contribution >= 4 is 11.9 Å². The molecule has 0 radical (unpaired) electrons. The lowest BCUT2D eigenvalue weighted by atomic mass is 9.94. The summed E-state index contributed by atoms with van der Waals surface area (Å²) in [5.41, 5.74) is 0. The molecule has 0 heterocycles. The van der Waals surface area contributed by atoms with Crippen LogP contribution in [0.1, 0.15) is 13.8 Å². The predicted octanol–water partition coefficient (Wildman–Crippen LogP) is -0.189. The Bertz CT molecular complexity index is 256. The zero-order chi connectivity index (χ0) is 13.4. The predicted molar refractivity (Wildman–Crippen MR) is 61.5 cm³/mol. The number of ether oxygens (including phenoxy) is 1. The van der Waals surface area contributed by atoms with Crippen LogP contribution in [-0.4, -0.2) is 60.4 Å². The molecule has 2 unspecified atom stereocenters. The maximum Gasteiger partial charge on any atom is 0.307 e. The second-order valence-electron chi connectivity index (χ2n) is 3.96. The number of carboxylic acid groups (broad SMARTS) is 1. The summed E-state index contributed by atoms with van der Waals surface area (Å²) in [5.74, 6) is -2.63. The van der Waals surface area contributed by atoms with Gasteiger partial charge in [-0.2, -0.15) is 0 Å². The Hall–Kier alpha value is -1.14. The first-order valence-electron chi connectivity index (χ1n) is 5.57. The van der Waals surface area contributed by atoms with Crippen molar-refractivity contribution in [3.8, 4) is 0 Å². The lowest BCUT2D eigenvalue weighted by Gasteiger charge is -2.26. The van der Waals surface area contributed by atoms with Crippen LogP contribution in [0.5, 0.6) is 0 Å². The number of hydrogen-bond acceptors (Lipinski definition) is 4. The smallest absolute Gasteiger partial charge is 0.307 e. The monoisotopic (exact) mass is 247 g/mol. The van der Waals surface area contributed by atoms with Crippen molar-refractivity contribution in [1.29, 1.82) is 0 Å². The molecule has 6 heteroatoms. The van der Waals surface area contributed by atoms with E-state index in [2.05, 4.69) is 0 Å². The maximum absolute atomic E-state index is 12.0. The number of carbonyl (C=O) groups is 2. The van der Waals surface area contributed by atoms with Crippen LogP contribution in [0.25, 0.3) is 0 Å². The largest absolute Gasteiger partial charge is 0.481 e. The highest BCUT2D eigenvalue weighted by molar-refractivity contribution is 5.84. The molecule has 0 aromatic heterocycles. The third kappa shape index (κ3) is 5.14. The molecule has 0 aromatic rings. The third-order valence-corrected chi connectivity index (χ3v) is 2.78. The molecule has 0 aliphatic rings. The minimum atomic E-state index is -0.999. The van der Waals surface area contributed by atoms with Crippen molar-refractivity contribution < 1.29 is 24.5 Å². The van der Waals surface area contributed by atoms with Gasteiger partial charge in [0.1, 0.15) is 0 Å². The first-order valence-corrected chi connectivity index (χ1v) is 5.57.